The quantitative estimate of drug-likeness (QED) is 0.153. The SMILES string of the molecule is C=CCc1ccc(O)c(-c2ccc(O)c(CC=C)c2)c1.C=CCc1ccc(O)c(-c2ccc(O)c(CCC)c2)c1. The van der Waals surface area contributed by atoms with Crippen molar-refractivity contribution in [1.29, 1.82) is 0 Å². The number of hydrogen-bond acceptors (Lipinski definition) is 4. The van der Waals surface area contributed by atoms with Gasteiger partial charge in [0.25, 0.3) is 0 Å². The average molecular weight is 535 g/mol. The van der Waals surface area contributed by atoms with Crippen molar-refractivity contribution in [2.75, 3.05) is 0 Å². The summed E-state index contributed by atoms with van der Waals surface area (Å²) in [6.07, 6.45) is 9.33. The molecule has 4 aromatic carbocycles. The second-order valence-electron chi connectivity index (χ2n) is 9.62. The van der Waals surface area contributed by atoms with Crippen LogP contribution in [0.25, 0.3) is 22.3 Å². The summed E-state index contributed by atoms with van der Waals surface area (Å²) >= 11 is 0. The molecule has 0 saturated carbocycles. The number of aromatic hydroxyl groups is 4. The van der Waals surface area contributed by atoms with Crippen LogP contribution in [0.4, 0.5) is 0 Å². The van der Waals surface area contributed by atoms with Gasteiger partial charge in [-0.15, -0.1) is 19.7 Å². The first-order valence-electron chi connectivity index (χ1n) is 13.4. The third-order valence-corrected chi connectivity index (χ3v) is 6.55. The zero-order valence-electron chi connectivity index (χ0n) is 23.1. The van der Waals surface area contributed by atoms with Crippen molar-refractivity contribution in [2.24, 2.45) is 0 Å². The fourth-order valence-electron chi connectivity index (χ4n) is 4.51. The molecule has 0 aliphatic rings. The topological polar surface area (TPSA) is 80.9 Å². The minimum absolute atomic E-state index is 0.230. The molecule has 4 N–H and O–H groups in total. The van der Waals surface area contributed by atoms with Gasteiger partial charge in [-0.3, -0.25) is 0 Å². The fraction of sp³-hybridized carbons (Fsp3) is 0.167. The van der Waals surface area contributed by atoms with Gasteiger partial charge in [0.05, 0.1) is 0 Å². The summed E-state index contributed by atoms with van der Waals surface area (Å²) in [5.41, 5.74) is 7.27. The molecular formula is C36H38O4. The Morgan fingerprint density at radius 3 is 1.40 bits per heavy atom. The van der Waals surface area contributed by atoms with Crippen molar-refractivity contribution in [3.63, 3.8) is 0 Å². The molecule has 4 nitrogen and oxygen atoms in total. The summed E-state index contributed by atoms with van der Waals surface area (Å²) < 4.78 is 0. The van der Waals surface area contributed by atoms with Crippen molar-refractivity contribution >= 4 is 0 Å². The van der Waals surface area contributed by atoms with Crippen LogP contribution in [0.5, 0.6) is 23.0 Å². The van der Waals surface area contributed by atoms with E-state index in [1.54, 1.807) is 36.4 Å². The maximum absolute atomic E-state index is 10.1. The Balaban J connectivity index is 0.000000220. The molecule has 0 atom stereocenters. The number of rotatable bonds is 10. The predicted octanol–water partition coefficient (Wildman–Crippen LogP) is 8.67. The molecule has 0 fully saturated rings. The van der Waals surface area contributed by atoms with Gasteiger partial charge in [-0.2, -0.15) is 0 Å². The molecule has 0 amide bonds. The zero-order valence-corrected chi connectivity index (χ0v) is 23.1. The van der Waals surface area contributed by atoms with Crippen LogP contribution in [-0.2, 0) is 25.7 Å². The Kier molecular flexibility index (Phi) is 10.8. The van der Waals surface area contributed by atoms with Crippen molar-refractivity contribution in [3.8, 4) is 45.3 Å². The van der Waals surface area contributed by atoms with E-state index in [0.29, 0.717) is 12.2 Å². The van der Waals surface area contributed by atoms with Crippen LogP contribution in [0.1, 0.15) is 35.6 Å². The summed E-state index contributed by atoms with van der Waals surface area (Å²) in [6.45, 7) is 13.2. The van der Waals surface area contributed by atoms with Gasteiger partial charge in [0.1, 0.15) is 23.0 Å². The maximum Gasteiger partial charge on any atom is 0.123 e. The maximum atomic E-state index is 10.1. The lowest BCUT2D eigenvalue weighted by atomic mass is 9.97. The van der Waals surface area contributed by atoms with E-state index < -0.39 is 0 Å². The summed E-state index contributed by atoms with van der Waals surface area (Å²) in [5, 5.41) is 39.7. The Labute approximate surface area is 237 Å². The molecule has 4 heteroatoms. The Bertz CT molecular complexity index is 1480. The lowest BCUT2D eigenvalue weighted by Gasteiger charge is -2.10. The van der Waals surface area contributed by atoms with Gasteiger partial charge in [0.15, 0.2) is 0 Å². The average Bonchev–Trinajstić information content (AvgIpc) is 2.94. The molecular weight excluding hydrogens is 496 g/mol. The normalized spacial score (nSPS) is 10.3. The van der Waals surface area contributed by atoms with E-state index in [9.17, 15) is 20.4 Å². The molecule has 40 heavy (non-hydrogen) atoms. The van der Waals surface area contributed by atoms with Crippen LogP contribution in [-0.4, -0.2) is 20.4 Å². The van der Waals surface area contributed by atoms with Crippen LogP contribution in [0.2, 0.25) is 0 Å². The molecule has 0 saturated heterocycles. The van der Waals surface area contributed by atoms with Gasteiger partial charge >= 0.3 is 0 Å². The summed E-state index contributed by atoms with van der Waals surface area (Å²) in [7, 11) is 0. The molecule has 0 aliphatic carbocycles. The second-order valence-corrected chi connectivity index (χ2v) is 9.62. The van der Waals surface area contributed by atoms with E-state index in [2.05, 4.69) is 26.7 Å². The smallest absolute Gasteiger partial charge is 0.123 e. The molecule has 0 radical (unpaired) electrons. The third-order valence-electron chi connectivity index (χ3n) is 6.55. The second kappa shape index (κ2) is 14.5. The first kappa shape index (κ1) is 29.9. The van der Waals surface area contributed by atoms with E-state index in [4.69, 9.17) is 0 Å². The van der Waals surface area contributed by atoms with Crippen LogP contribution >= 0.6 is 0 Å². The van der Waals surface area contributed by atoms with Crippen molar-refractivity contribution in [1.82, 2.24) is 0 Å². The lowest BCUT2D eigenvalue weighted by Crippen LogP contribution is -1.89. The molecule has 0 unspecified atom stereocenters. The van der Waals surface area contributed by atoms with Gasteiger partial charge < -0.3 is 20.4 Å². The fourth-order valence-corrected chi connectivity index (χ4v) is 4.51. The van der Waals surface area contributed by atoms with Crippen LogP contribution in [0.3, 0.4) is 0 Å². The summed E-state index contributed by atoms with van der Waals surface area (Å²) in [5.74, 6) is 1.05. The highest BCUT2D eigenvalue weighted by molar-refractivity contribution is 5.73. The van der Waals surface area contributed by atoms with E-state index in [0.717, 1.165) is 70.2 Å². The van der Waals surface area contributed by atoms with Crippen LogP contribution in [0.15, 0.2) is 111 Å². The third kappa shape index (κ3) is 7.67. The summed E-state index contributed by atoms with van der Waals surface area (Å²) in [4.78, 5) is 0. The number of allylic oxidation sites excluding steroid dienone is 3. The number of hydrogen-bond donors (Lipinski definition) is 4. The molecule has 4 rings (SSSR count). The number of phenols is 4. The first-order valence-corrected chi connectivity index (χ1v) is 13.4. The lowest BCUT2D eigenvalue weighted by molar-refractivity contribution is 0.467. The van der Waals surface area contributed by atoms with Crippen molar-refractivity contribution < 1.29 is 20.4 Å². The minimum Gasteiger partial charge on any atom is -0.508 e. The minimum atomic E-state index is 0.230. The van der Waals surface area contributed by atoms with Gasteiger partial charge in [0, 0.05) is 11.1 Å². The van der Waals surface area contributed by atoms with Crippen LogP contribution < -0.4 is 0 Å². The van der Waals surface area contributed by atoms with E-state index >= 15 is 0 Å². The zero-order chi connectivity index (χ0) is 29.1. The standard InChI is InChI=1S/C18H20O2.C18H18O2/c2*1-3-5-13-7-9-18(20)16(11-13)14-8-10-17(19)15(12-14)6-4-2/h3,7-12,19-20H,1,4-6H2,2H3;3-4,7-12,19-20H,1-2,5-6H2. The van der Waals surface area contributed by atoms with E-state index in [1.165, 1.54) is 0 Å². The largest absolute Gasteiger partial charge is 0.508 e. The van der Waals surface area contributed by atoms with E-state index in [-0.39, 0.29) is 17.2 Å². The summed E-state index contributed by atoms with van der Waals surface area (Å²) in [6, 6.07) is 21.9. The molecule has 0 aliphatic heterocycles. The Hall–Kier alpha value is -4.70. The Morgan fingerprint density at radius 1 is 0.525 bits per heavy atom. The van der Waals surface area contributed by atoms with Crippen molar-refractivity contribution in [2.45, 2.75) is 39.0 Å². The molecule has 0 aromatic heterocycles. The monoisotopic (exact) mass is 534 g/mol. The van der Waals surface area contributed by atoms with Crippen LogP contribution in [0, 0.1) is 0 Å². The molecule has 0 bridgehead atoms. The van der Waals surface area contributed by atoms with Crippen molar-refractivity contribution in [3.05, 3.63) is 133 Å². The number of phenolic OH excluding ortho intramolecular Hbond substituents is 4. The molecule has 0 spiro atoms. The van der Waals surface area contributed by atoms with Gasteiger partial charge in [-0.05, 0) is 108 Å². The first-order chi connectivity index (χ1) is 19.3. The predicted molar refractivity (Wildman–Crippen MR) is 166 cm³/mol. The van der Waals surface area contributed by atoms with Gasteiger partial charge in [0.2, 0.25) is 0 Å². The highest BCUT2D eigenvalue weighted by Gasteiger charge is 2.10. The highest BCUT2D eigenvalue weighted by atomic mass is 16.3. The van der Waals surface area contributed by atoms with E-state index in [1.807, 2.05) is 54.6 Å². The number of benzene rings is 4. The molecule has 206 valence electrons. The highest BCUT2D eigenvalue weighted by Crippen LogP contribution is 2.34. The molecule has 0 heterocycles. The Morgan fingerprint density at radius 2 is 0.950 bits per heavy atom. The molecule has 4 aromatic rings. The van der Waals surface area contributed by atoms with Gasteiger partial charge in [-0.1, -0.05) is 55.8 Å². The number of aryl methyl sites for hydroxylation is 1. The van der Waals surface area contributed by atoms with Gasteiger partial charge in [-0.25, -0.2) is 0 Å².